The highest BCUT2D eigenvalue weighted by molar-refractivity contribution is 5.85. The van der Waals surface area contributed by atoms with Crippen LogP contribution in [0.25, 0.3) is 0 Å². The van der Waals surface area contributed by atoms with Gasteiger partial charge in [0, 0.05) is 12.6 Å². The summed E-state index contributed by atoms with van der Waals surface area (Å²) in [7, 11) is 0. The van der Waals surface area contributed by atoms with E-state index in [0.29, 0.717) is 35.8 Å². The zero-order valence-electron chi connectivity index (χ0n) is 14.1. The van der Waals surface area contributed by atoms with Crippen molar-refractivity contribution in [3.8, 4) is 11.5 Å². The summed E-state index contributed by atoms with van der Waals surface area (Å²) >= 11 is 0. The predicted molar refractivity (Wildman–Crippen MR) is 91.7 cm³/mol. The maximum absolute atomic E-state index is 9.79. The SMILES string of the molecule is Cc1noc(COc2ccc(OCC(O)CNC(C)C)cc2)n1.Cl. The van der Waals surface area contributed by atoms with Crippen molar-refractivity contribution in [1.82, 2.24) is 15.5 Å². The Labute approximate surface area is 147 Å². The Balaban J connectivity index is 0.00000288. The average Bonchev–Trinajstić information content (AvgIpc) is 2.95. The van der Waals surface area contributed by atoms with Crippen molar-refractivity contribution in [1.29, 1.82) is 0 Å². The molecular weight excluding hydrogens is 334 g/mol. The number of nitrogens with zero attached hydrogens (tertiary/aromatic N) is 2. The number of rotatable bonds is 9. The van der Waals surface area contributed by atoms with Crippen molar-refractivity contribution in [2.24, 2.45) is 0 Å². The van der Waals surface area contributed by atoms with E-state index in [0.717, 1.165) is 0 Å². The van der Waals surface area contributed by atoms with E-state index in [-0.39, 0.29) is 25.6 Å². The molecule has 2 N–H and O–H groups in total. The van der Waals surface area contributed by atoms with Gasteiger partial charge in [-0.1, -0.05) is 19.0 Å². The van der Waals surface area contributed by atoms with Crippen LogP contribution in [0.15, 0.2) is 28.8 Å². The number of aromatic nitrogens is 2. The minimum Gasteiger partial charge on any atom is -0.491 e. The van der Waals surface area contributed by atoms with Gasteiger partial charge in [-0.25, -0.2) is 0 Å². The van der Waals surface area contributed by atoms with Gasteiger partial charge in [-0.3, -0.25) is 0 Å². The quantitative estimate of drug-likeness (QED) is 0.710. The fourth-order valence-corrected chi connectivity index (χ4v) is 1.80. The molecule has 0 aliphatic rings. The van der Waals surface area contributed by atoms with Gasteiger partial charge < -0.3 is 24.4 Å². The van der Waals surface area contributed by atoms with Crippen molar-refractivity contribution in [2.75, 3.05) is 13.2 Å². The van der Waals surface area contributed by atoms with Crippen LogP contribution in [-0.4, -0.2) is 40.5 Å². The first-order chi connectivity index (χ1) is 11.0. The van der Waals surface area contributed by atoms with Crippen LogP contribution in [-0.2, 0) is 6.61 Å². The molecule has 8 heteroatoms. The molecule has 0 saturated heterocycles. The van der Waals surface area contributed by atoms with Crippen LogP contribution in [0.4, 0.5) is 0 Å². The van der Waals surface area contributed by atoms with Gasteiger partial charge in [0.05, 0.1) is 0 Å². The highest BCUT2D eigenvalue weighted by Gasteiger charge is 2.07. The second-order valence-electron chi connectivity index (χ2n) is 5.52. The molecule has 0 aliphatic heterocycles. The molecule has 1 atom stereocenters. The van der Waals surface area contributed by atoms with Gasteiger partial charge >= 0.3 is 0 Å². The average molecular weight is 358 g/mol. The Morgan fingerprint density at radius 1 is 1.17 bits per heavy atom. The van der Waals surface area contributed by atoms with Crippen LogP contribution in [0.5, 0.6) is 11.5 Å². The van der Waals surface area contributed by atoms with Gasteiger partial charge in [0.15, 0.2) is 12.4 Å². The summed E-state index contributed by atoms with van der Waals surface area (Å²) in [6, 6.07) is 7.49. The minimum atomic E-state index is -0.547. The van der Waals surface area contributed by atoms with Crippen molar-refractivity contribution >= 4 is 12.4 Å². The van der Waals surface area contributed by atoms with Crippen LogP contribution in [0.2, 0.25) is 0 Å². The third-order valence-electron chi connectivity index (χ3n) is 2.96. The molecule has 0 amide bonds. The van der Waals surface area contributed by atoms with E-state index in [9.17, 15) is 5.11 Å². The summed E-state index contributed by atoms with van der Waals surface area (Å²) < 4.78 is 16.0. The minimum absolute atomic E-state index is 0. The number of aliphatic hydroxyl groups excluding tert-OH is 1. The van der Waals surface area contributed by atoms with E-state index in [1.54, 1.807) is 31.2 Å². The van der Waals surface area contributed by atoms with E-state index in [2.05, 4.69) is 15.5 Å². The Kier molecular flexibility index (Phi) is 8.53. The zero-order valence-corrected chi connectivity index (χ0v) is 14.9. The van der Waals surface area contributed by atoms with E-state index in [4.69, 9.17) is 14.0 Å². The maximum Gasteiger partial charge on any atom is 0.264 e. The highest BCUT2D eigenvalue weighted by Crippen LogP contribution is 2.18. The van der Waals surface area contributed by atoms with Crippen LogP contribution >= 0.6 is 12.4 Å². The molecule has 1 aromatic heterocycles. The summed E-state index contributed by atoms with van der Waals surface area (Å²) in [6.45, 7) is 6.78. The summed E-state index contributed by atoms with van der Waals surface area (Å²) in [4.78, 5) is 4.06. The Morgan fingerprint density at radius 3 is 2.33 bits per heavy atom. The largest absolute Gasteiger partial charge is 0.491 e. The molecule has 0 radical (unpaired) electrons. The van der Waals surface area contributed by atoms with E-state index in [1.807, 2.05) is 13.8 Å². The van der Waals surface area contributed by atoms with Gasteiger partial charge in [0.25, 0.3) is 5.89 Å². The van der Waals surface area contributed by atoms with Crippen molar-refractivity contribution in [2.45, 2.75) is 39.5 Å². The molecule has 0 bridgehead atoms. The van der Waals surface area contributed by atoms with Gasteiger partial charge in [0.2, 0.25) is 0 Å². The predicted octanol–water partition coefficient (Wildman–Crippen LogP) is 2.12. The fraction of sp³-hybridized carbons (Fsp3) is 0.500. The van der Waals surface area contributed by atoms with Gasteiger partial charge in [0.1, 0.15) is 24.2 Å². The van der Waals surface area contributed by atoms with Crippen molar-refractivity contribution < 1.29 is 19.1 Å². The van der Waals surface area contributed by atoms with Crippen LogP contribution in [0, 0.1) is 6.92 Å². The molecular formula is C16H24ClN3O4. The van der Waals surface area contributed by atoms with Gasteiger partial charge in [-0.2, -0.15) is 4.98 Å². The number of hydrogen-bond donors (Lipinski definition) is 2. The van der Waals surface area contributed by atoms with Crippen molar-refractivity contribution in [3.05, 3.63) is 36.0 Å². The lowest BCUT2D eigenvalue weighted by Gasteiger charge is -2.15. The van der Waals surface area contributed by atoms with Crippen LogP contribution < -0.4 is 14.8 Å². The molecule has 24 heavy (non-hydrogen) atoms. The van der Waals surface area contributed by atoms with Crippen LogP contribution in [0.1, 0.15) is 25.6 Å². The van der Waals surface area contributed by atoms with E-state index in [1.165, 1.54) is 0 Å². The lowest BCUT2D eigenvalue weighted by Crippen LogP contribution is -2.35. The summed E-state index contributed by atoms with van der Waals surface area (Å²) in [5.41, 5.74) is 0. The summed E-state index contributed by atoms with van der Waals surface area (Å²) in [5.74, 6) is 2.37. The third kappa shape index (κ3) is 7.16. The summed E-state index contributed by atoms with van der Waals surface area (Å²) in [5, 5.41) is 16.6. The molecule has 2 rings (SSSR count). The van der Waals surface area contributed by atoms with E-state index < -0.39 is 6.10 Å². The highest BCUT2D eigenvalue weighted by atomic mass is 35.5. The number of halogens is 1. The van der Waals surface area contributed by atoms with Crippen LogP contribution in [0.3, 0.4) is 0 Å². The summed E-state index contributed by atoms with van der Waals surface area (Å²) in [6.07, 6.45) is -0.547. The second-order valence-corrected chi connectivity index (χ2v) is 5.52. The third-order valence-corrected chi connectivity index (χ3v) is 2.96. The maximum atomic E-state index is 9.79. The lowest BCUT2D eigenvalue weighted by atomic mass is 10.3. The Morgan fingerprint density at radius 2 is 1.79 bits per heavy atom. The normalized spacial score (nSPS) is 11.9. The Bertz CT molecular complexity index is 589. The molecule has 0 saturated carbocycles. The zero-order chi connectivity index (χ0) is 16.7. The standard InChI is InChI=1S/C16H23N3O4.ClH/c1-11(2)17-8-13(20)9-21-14-4-6-15(7-5-14)22-10-16-18-12(3)19-23-16;/h4-7,11,13,17,20H,8-10H2,1-3H3;1H. The monoisotopic (exact) mass is 357 g/mol. The molecule has 1 aromatic carbocycles. The first-order valence-electron chi connectivity index (χ1n) is 7.59. The molecule has 1 unspecified atom stereocenters. The first-order valence-corrected chi connectivity index (χ1v) is 7.59. The van der Waals surface area contributed by atoms with Gasteiger partial charge in [-0.15, -0.1) is 12.4 Å². The number of aryl methyl sites for hydroxylation is 1. The molecule has 7 nitrogen and oxygen atoms in total. The van der Waals surface area contributed by atoms with E-state index >= 15 is 0 Å². The number of aliphatic hydroxyl groups is 1. The molecule has 0 aliphatic carbocycles. The number of hydrogen-bond acceptors (Lipinski definition) is 7. The molecule has 2 aromatic rings. The Hall–Kier alpha value is -1.83. The second kappa shape index (κ2) is 10.1. The first kappa shape index (κ1) is 20.2. The number of benzene rings is 1. The molecule has 0 fully saturated rings. The van der Waals surface area contributed by atoms with Gasteiger partial charge in [-0.05, 0) is 31.2 Å². The molecule has 1 heterocycles. The number of ether oxygens (including phenoxy) is 2. The molecule has 0 spiro atoms. The molecule has 134 valence electrons. The topological polar surface area (TPSA) is 89.6 Å². The fourth-order valence-electron chi connectivity index (χ4n) is 1.80. The lowest BCUT2D eigenvalue weighted by molar-refractivity contribution is 0.104. The smallest absolute Gasteiger partial charge is 0.264 e. The van der Waals surface area contributed by atoms with Crippen molar-refractivity contribution in [3.63, 3.8) is 0 Å². The number of nitrogens with one attached hydrogen (secondary N) is 1.